The molecule has 5 rings (SSSR count). The standard InChI is InChI=1S/C23H22N4O3/c28-23-22(19-12-17(4-5-20(19)25-23)18-2-1-7-24-13-18)21-6-3-16(15-27(21)29)14-26-8-10-30-11-9-26/h1-7,12-13,15,25,28H,8-11,14H2. The highest BCUT2D eigenvalue weighted by atomic mass is 16.5. The molecular formula is C23H22N4O3. The van der Waals surface area contributed by atoms with E-state index in [1.165, 1.54) is 0 Å². The number of H-pyrrole nitrogens is 1. The minimum atomic E-state index is -0.0149. The number of ether oxygens (including phenoxy) is 1. The average molecular weight is 402 g/mol. The maximum Gasteiger partial charge on any atom is 0.229 e. The number of nitrogens with one attached hydrogen (secondary N) is 1. The highest BCUT2D eigenvalue weighted by molar-refractivity contribution is 5.99. The van der Waals surface area contributed by atoms with Crippen molar-refractivity contribution in [2.45, 2.75) is 6.54 Å². The zero-order valence-corrected chi connectivity index (χ0v) is 16.4. The molecule has 0 spiro atoms. The molecule has 0 unspecified atom stereocenters. The van der Waals surface area contributed by atoms with Gasteiger partial charge >= 0.3 is 0 Å². The van der Waals surface area contributed by atoms with E-state index >= 15 is 0 Å². The summed E-state index contributed by atoms with van der Waals surface area (Å²) < 4.78 is 6.22. The van der Waals surface area contributed by atoms with Crippen LogP contribution in [0.2, 0.25) is 0 Å². The van der Waals surface area contributed by atoms with Crippen molar-refractivity contribution in [2.75, 3.05) is 26.3 Å². The summed E-state index contributed by atoms with van der Waals surface area (Å²) in [7, 11) is 0. The molecule has 1 saturated heterocycles. The van der Waals surface area contributed by atoms with Gasteiger partial charge in [-0.2, -0.15) is 4.73 Å². The third-order valence-corrected chi connectivity index (χ3v) is 5.52. The van der Waals surface area contributed by atoms with E-state index in [9.17, 15) is 10.3 Å². The SMILES string of the molecule is [O-][n+]1cc(CN2CCOCC2)ccc1-c1c(O)[nH]c2ccc(-c3cccnc3)cc12. The summed E-state index contributed by atoms with van der Waals surface area (Å²) in [4.78, 5) is 9.42. The Labute approximate surface area is 173 Å². The largest absolute Gasteiger partial charge is 0.618 e. The minimum Gasteiger partial charge on any atom is -0.618 e. The van der Waals surface area contributed by atoms with Crippen molar-refractivity contribution < 1.29 is 14.6 Å². The van der Waals surface area contributed by atoms with E-state index in [0.717, 1.165) is 58.6 Å². The maximum absolute atomic E-state index is 12.9. The van der Waals surface area contributed by atoms with Crippen molar-refractivity contribution in [3.63, 3.8) is 0 Å². The number of pyridine rings is 2. The summed E-state index contributed by atoms with van der Waals surface area (Å²) >= 11 is 0. The first kappa shape index (κ1) is 18.6. The van der Waals surface area contributed by atoms with E-state index in [0.29, 0.717) is 17.8 Å². The third-order valence-electron chi connectivity index (χ3n) is 5.52. The first-order valence-electron chi connectivity index (χ1n) is 9.97. The van der Waals surface area contributed by atoms with Gasteiger partial charge in [-0.3, -0.25) is 9.88 Å². The van der Waals surface area contributed by atoms with E-state index in [-0.39, 0.29) is 5.88 Å². The Kier molecular flexibility index (Phi) is 4.82. The number of nitrogens with zero attached hydrogens (tertiary/aromatic N) is 3. The van der Waals surface area contributed by atoms with Crippen LogP contribution < -0.4 is 4.73 Å². The number of benzene rings is 1. The van der Waals surface area contributed by atoms with Gasteiger partial charge < -0.3 is 20.0 Å². The number of hydrogen-bond acceptors (Lipinski definition) is 5. The number of aromatic nitrogens is 3. The molecule has 1 aromatic carbocycles. The van der Waals surface area contributed by atoms with Gasteiger partial charge in [-0.05, 0) is 29.8 Å². The third kappa shape index (κ3) is 3.49. The van der Waals surface area contributed by atoms with Crippen LogP contribution in [0.15, 0.2) is 61.1 Å². The maximum atomic E-state index is 12.9. The minimum absolute atomic E-state index is 0.0149. The molecule has 4 heterocycles. The topological polar surface area (TPSA) is 88.3 Å². The lowest BCUT2D eigenvalue weighted by molar-refractivity contribution is -0.594. The molecule has 4 aromatic rings. The first-order chi connectivity index (χ1) is 14.7. The Morgan fingerprint density at radius 3 is 2.77 bits per heavy atom. The van der Waals surface area contributed by atoms with Crippen LogP contribution in [-0.2, 0) is 11.3 Å². The van der Waals surface area contributed by atoms with Crippen LogP contribution in [0, 0.1) is 5.21 Å². The molecule has 0 amide bonds. The molecule has 1 fully saturated rings. The second kappa shape index (κ2) is 7.78. The second-order valence-corrected chi connectivity index (χ2v) is 7.49. The normalized spacial score (nSPS) is 14.9. The summed E-state index contributed by atoms with van der Waals surface area (Å²) in [6.07, 6.45) is 5.12. The fraction of sp³-hybridized carbons (Fsp3) is 0.217. The average Bonchev–Trinajstić information content (AvgIpc) is 3.10. The highest BCUT2D eigenvalue weighted by Crippen LogP contribution is 2.37. The van der Waals surface area contributed by atoms with Crippen molar-refractivity contribution in [3.8, 4) is 28.3 Å². The number of morpholine rings is 1. The molecule has 1 aliphatic rings. The van der Waals surface area contributed by atoms with Crippen molar-refractivity contribution >= 4 is 10.9 Å². The monoisotopic (exact) mass is 402 g/mol. The Morgan fingerprint density at radius 2 is 2.00 bits per heavy atom. The van der Waals surface area contributed by atoms with Gasteiger partial charge in [0.15, 0.2) is 6.20 Å². The summed E-state index contributed by atoms with van der Waals surface area (Å²) in [6, 6.07) is 13.4. The number of hydrogen-bond donors (Lipinski definition) is 2. The predicted molar refractivity (Wildman–Crippen MR) is 114 cm³/mol. The lowest BCUT2D eigenvalue weighted by atomic mass is 10.0. The molecule has 0 radical (unpaired) electrons. The van der Waals surface area contributed by atoms with Crippen LogP contribution in [0.3, 0.4) is 0 Å². The van der Waals surface area contributed by atoms with Gasteiger partial charge in [0.1, 0.15) is 5.56 Å². The zero-order valence-electron chi connectivity index (χ0n) is 16.4. The smallest absolute Gasteiger partial charge is 0.229 e. The molecule has 0 bridgehead atoms. The van der Waals surface area contributed by atoms with Crippen LogP contribution in [0.1, 0.15) is 5.56 Å². The van der Waals surface area contributed by atoms with Crippen LogP contribution in [-0.4, -0.2) is 46.3 Å². The molecular weight excluding hydrogens is 380 g/mol. The molecule has 7 nitrogen and oxygen atoms in total. The van der Waals surface area contributed by atoms with E-state index in [4.69, 9.17) is 4.74 Å². The van der Waals surface area contributed by atoms with E-state index in [1.807, 2.05) is 36.4 Å². The van der Waals surface area contributed by atoms with E-state index in [1.54, 1.807) is 24.7 Å². The number of rotatable bonds is 4. The summed E-state index contributed by atoms with van der Waals surface area (Å²) in [5.41, 5.74) is 4.56. The van der Waals surface area contributed by atoms with Crippen molar-refractivity contribution in [3.05, 3.63) is 71.8 Å². The quantitative estimate of drug-likeness (QED) is 0.405. The van der Waals surface area contributed by atoms with E-state index < -0.39 is 0 Å². The highest BCUT2D eigenvalue weighted by Gasteiger charge is 2.21. The Balaban J connectivity index is 1.52. The number of fused-ring (bicyclic) bond motifs is 1. The molecule has 0 saturated carbocycles. The molecule has 2 N–H and O–H groups in total. The summed E-state index contributed by atoms with van der Waals surface area (Å²) in [5.74, 6) is -0.0149. The Hall–Kier alpha value is -3.42. The van der Waals surface area contributed by atoms with Crippen LogP contribution in [0.5, 0.6) is 5.88 Å². The predicted octanol–water partition coefficient (Wildman–Crippen LogP) is 3.07. The fourth-order valence-electron chi connectivity index (χ4n) is 3.98. The second-order valence-electron chi connectivity index (χ2n) is 7.49. The molecule has 7 heteroatoms. The van der Waals surface area contributed by atoms with Gasteiger partial charge in [-0.1, -0.05) is 12.1 Å². The zero-order chi connectivity index (χ0) is 20.5. The molecule has 0 aliphatic carbocycles. The van der Waals surface area contributed by atoms with Gasteiger partial charge in [0, 0.05) is 60.1 Å². The van der Waals surface area contributed by atoms with Crippen molar-refractivity contribution in [2.24, 2.45) is 0 Å². The van der Waals surface area contributed by atoms with Gasteiger partial charge in [0.05, 0.1) is 13.2 Å². The van der Waals surface area contributed by atoms with Crippen molar-refractivity contribution in [1.82, 2.24) is 14.9 Å². The first-order valence-corrected chi connectivity index (χ1v) is 9.97. The fourth-order valence-corrected chi connectivity index (χ4v) is 3.98. The molecule has 30 heavy (non-hydrogen) atoms. The lowest BCUT2D eigenvalue weighted by Crippen LogP contribution is -2.37. The van der Waals surface area contributed by atoms with E-state index in [2.05, 4.69) is 14.9 Å². The molecule has 0 atom stereocenters. The van der Waals surface area contributed by atoms with Crippen molar-refractivity contribution in [1.29, 1.82) is 0 Å². The molecule has 1 aliphatic heterocycles. The van der Waals surface area contributed by atoms with Gasteiger partial charge in [-0.15, -0.1) is 0 Å². The summed E-state index contributed by atoms with van der Waals surface area (Å²) in [5, 5.41) is 24.2. The molecule has 152 valence electrons. The number of aromatic amines is 1. The van der Waals surface area contributed by atoms with Crippen LogP contribution in [0.4, 0.5) is 0 Å². The number of aromatic hydroxyl groups is 1. The van der Waals surface area contributed by atoms with Gasteiger partial charge in [0.2, 0.25) is 11.6 Å². The summed E-state index contributed by atoms with van der Waals surface area (Å²) in [6.45, 7) is 3.87. The lowest BCUT2D eigenvalue weighted by Gasteiger charge is -2.26. The Bertz CT molecular complexity index is 1180. The van der Waals surface area contributed by atoms with Crippen LogP contribution in [0.25, 0.3) is 33.3 Å². The Morgan fingerprint density at radius 1 is 1.13 bits per heavy atom. The van der Waals surface area contributed by atoms with Crippen LogP contribution >= 0.6 is 0 Å². The van der Waals surface area contributed by atoms with Gasteiger partial charge in [0.25, 0.3) is 0 Å². The molecule has 3 aromatic heterocycles. The van der Waals surface area contributed by atoms with Gasteiger partial charge in [-0.25, -0.2) is 0 Å².